The Labute approximate surface area is 95.3 Å². The van der Waals surface area contributed by atoms with Crippen molar-refractivity contribution in [1.29, 1.82) is 0 Å². The molecule has 1 amide bonds. The fourth-order valence-electron chi connectivity index (χ4n) is 2.10. The Morgan fingerprint density at radius 3 is 2.81 bits per heavy atom. The van der Waals surface area contributed by atoms with Gasteiger partial charge in [0.15, 0.2) is 0 Å². The maximum absolute atomic E-state index is 12.0. The maximum Gasteiger partial charge on any atom is 0.244 e. The van der Waals surface area contributed by atoms with Crippen molar-refractivity contribution in [3.05, 3.63) is 24.0 Å². The number of hydrogen-bond acceptors (Lipinski definition) is 3. The van der Waals surface area contributed by atoms with Gasteiger partial charge in [0.25, 0.3) is 0 Å². The van der Waals surface area contributed by atoms with Gasteiger partial charge in [-0.15, -0.1) is 0 Å². The third-order valence-electron chi connectivity index (χ3n) is 3.20. The highest BCUT2D eigenvalue weighted by Gasteiger charge is 2.37. The minimum atomic E-state index is -0.678. The highest BCUT2D eigenvalue weighted by Crippen LogP contribution is 2.28. The molecule has 4 heteroatoms. The zero-order chi connectivity index (χ0) is 11.6. The number of amides is 1. The second kappa shape index (κ2) is 4.22. The topological polar surface area (TPSA) is 68.0 Å². The summed E-state index contributed by atoms with van der Waals surface area (Å²) in [6.45, 7) is 1.87. The molecular formula is C12H17N3O. The molecule has 1 heterocycles. The van der Waals surface area contributed by atoms with Gasteiger partial charge in [-0.05, 0) is 31.9 Å². The minimum Gasteiger partial charge on any atom is -0.323 e. The van der Waals surface area contributed by atoms with Crippen LogP contribution in [0.5, 0.6) is 0 Å². The molecule has 3 N–H and O–H groups in total. The predicted molar refractivity (Wildman–Crippen MR) is 63.0 cm³/mol. The lowest BCUT2D eigenvalue weighted by molar-refractivity contribution is -0.121. The summed E-state index contributed by atoms with van der Waals surface area (Å²) >= 11 is 0. The van der Waals surface area contributed by atoms with E-state index in [9.17, 15) is 4.79 Å². The molecule has 0 aliphatic heterocycles. The average Bonchev–Trinajstić information content (AvgIpc) is 2.70. The van der Waals surface area contributed by atoms with Crippen molar-refractivity contribution in [3.8, 4) is 0 Å². The number of nitrogens with two attached hydrogens (primary N) is 1. The number of aryl methyl sites for hydroxylation is 1. The van der Waals surface area contributed by atoms with E-state index in [1.807, 2.05) is 13.0 Å². The lowest BCUT2D eigenvalue weighted by Gasteiger charge is -2.22. The first kappa shape index (κ1) is 11.1. The summed E-state index contributed by atoms with van der Waals surface area (Å²) in [4.78, 5) is 16.2. The average molecular weight is 219 g/mol. The Morgan fingerprint density at radius 2 is 2.19 bits per heavy atom. The van der Waals surface area contributed by atoms with E-state index in [0.717, 1.165) is 37.1 Å². The predicted octanol–water partition coefficient (Wildman–Crippen LogP) is 1.60. The Kier molecular flexibility index (Phi) is 2.92. The first-order chi connectivity index (χ1) is 7.62. The molecule has 1 aromatic heterocycles. The molecular weight excluding hydrogens is 202 g/mol. The van der Waals surface area contributed by atoms with Gasteiger partial charge in [-0.2, -0.15) is 0 Å². The van der Waals surface area contributed by atoms with Gasteiger partial charge in [-0.1, -0.05) is 12.8 Å². The largest absolute Gasteiger partial charge is 0.323 e. The van der Waals surface area contributed by atoms with E-state index in [1.54, 1.807) is 12.3 Å². The zero-order valence-corrected chi connectivity index (χ0v) is 9.49. The van der Waals surface area contributed by atoms with Crippen LogP contribution in [-0.4, -0.2) is 16.4 Å². The van der Waals surface area contributed by atoms with Crippen molar-refractivity contribution >= 4 is 11.6 Å². The lowest BCUT2D eigenvalue weighted by atomic mass is 9.98. The first-order valence-electron chi connectivity index (χ1n) is 5.64. The molecule has 0 unspecified atom stereocenters. The molecule has 0 bridgehead atoms. The van der Waals surface area contributed by atoms with E-state index in [1.165, 1.54) is 0 Å². The molecule has 4 nitrogen and oxygen atoms in total. The van der Waals surface area contributed by atoms with Crippen LogP contribution in [0.2, 0.25) is 0 Å². The first-order valence-corrected chi connectivity index (χ1v) is 5.64. The molecule has 2 rings (SSSR count). The fraction of sp³-hybridized carbons (Fsp3) is 0.500. The fourth-order valence-corrected chi connectivity index (χ4v) is 2.10. The SMILES string of the molecule is Cc1ncccc1NC(=O)C1(N)CCCC1. The molecule has 1 aliphatic rings. The summed E-state index contributed by atoms with van der Waals surface area (Å²) in [6, 6.07) is 3.65. The van der Waals surface area contributed by atoms with E-state index in [0.29, 0.717) is 0 Å². The quantitative estimate of drug-likeness (QED) is 0.793. The standard InChI is InChI=1S/C12H17N3O/c1-9-10(5-4-8-14-9)15-11(16)12(13)6-2-3-7-12/h4-5,8H,2-3,6-7,13H2,1H3,(H,15,16). The van der Waals surface area contributed by atoms with Gasteiger partial charge in [0, 0.05) is 6.20 Å². The number of anilines is 1. The van der Waals surface area contributed by atoms with E-state index in [-0.39, 0.29) is 5.91 Å². The summed E-state index contributed by atoms with van der Waals surface area (Å²) in [7, 11) is 0. The number of nitrogens with one attached hydrogen (secondary N) is 1. The number of pyridine rings is 1. The van der Waals surface area contributed by atoms with Gasteiger partial charge in [0.05, 0.1) is 16.9 Å². The van der Waals surface area contributed by atoms with Crippen molar-refractivity contribution in [2.45, 2.75) is 38.1 Å². The Morgan fingerprint density at radius 1 is 1.50 bits per heavy atom. The van der Waals surface area contributed by atoms with Crippen LogP contribution in [-0.2, 0) is 4.79 Å². The summed E-state index contributed by atoms with van der Waals surface area (Å²) in [5, 5.41) is 2.87. The third-order valence-corrected chi connectivity index (χ3v) is 3.20. The molecule has 0 atom stereocenters. The summed E-state index contributed by atoms with van der Waals surface area (Å²) in [6.07, 6.45) is 5.33. The lowest BCUT2D eigenvalue weighted by Crippen LogP contribution is -2.48. The second-order valence-electron chi connectivity index (χ2n) is 4.45. The van der Waals surface area contributed by atoms with Crippen LogP contribution in [0.1, 0.15) is 31.4 Å². The monoisotopic (exact) mass is 219 g/mol. The van der Waals surface area contributed by atoms with Gasteiger partial charge in [0.2, 0.25) is 5.91 Å². The van der Waals surface area contributed by atoms with Crippen LogP contribution in [0.25, 0.3) is 0 Å². The number of hydrogen-bond donors (Lipinski definition) is 2. The molecule has 16 heavy (non-hydrogen) atoms. The number of nitrogens with zero attached hydrogens (tertiary/aromatic N) is 1. The van der Waals surface area contributed by atoms with Crippen LogP contribution < -0.4 is 11.1 Å². The molecule has 0 aromatic carbocycles. The van der Waals surface area contributed by atoms with Crippen LogP contribution in [0.15, 0.2) is 18.3 Å². The minimum absolute atomic E-state index is 0.0823. The molecule has 0 saturated heterocycles. The van der Waals surface area contributed by atoms with Crippen LogP contribution >= 0.6 is 0 Å². The Bertz CT molecular complexity index is 397. The van der Waals surface area contributed by atoms with Crippen LogP contribution in [0, 0.1) is 6.92 Å². The number of rotatable bonds is 2. The Balaban J connectivity index is 2.10. The van der Waals surface area contributed by atoms with Gasteiger partial charge >= 0.3 is 0 Å². The van der Waals surface area contributed by atoms with Crippen LogP contribution in [0.3, 0.4) is 0 Å². The molecule has 1 saturated carbocycles. The van der Waals surface area contributed by atoms with Crippen molar-refractivity contribution in [2.75, 3.05) is 5.32 Å². The number of aromatic nitrogens is 1. The summed E-state index contributed by atoms with van der Waals surface area (Å²) in [5.41, 5.74) is 6.96. The van der Waals surface area contributed by atoms with Crippen LogP contribution in [0.4, 0.5) is 5.69 Å². The highest BCUT2D eigenvalue weighted by atomic mass is 16.2. The van der Waals surface area contributed by atoms with E-state index in [4.69, 9.17) is 5.73 Å². The zero-order valence-electron chi connectivity index (χ0n) is 9.49. The molecule has 0 spiro atoms. The van der Waals surface area contributed by atoms with Gasteiger partial charge in [-0.25, -0.2) is 0 Å². The number of carbonyl (C=O) groups excluding carboxylic acids is 1. The highest BCUT2D eigenvalue weighted by molar-refractivity contribution is 5.98. The van der Waals surface area contributed by atoms with Gasteiger partial charge < -0.3 is 11.1 Å². The molecule has 1 fully saturated rings. The Hall–Kier alpha value is -1.42. The number of carbonyl (C=O) groups is 1. The maximum atomic E-state index is 12.0. The van der Waals surface area contributed by atoms with Crippen molar-refractivity contribution in [3.63, 3.8) is 0 Å². The van der Waals surface area contributed by atoms with E-state index in [2.05, 4.69) is 10.3 Å². The normalized spacial score (nSPS) is 18.4. The smallest absolute Gasteiger partial charge is 0.244 e. The molecule has 86 valence electrons. The van der Waals surface area contributed by atoms with Crippen molar-refractivity contribution in [2.24, 2.45) is 5.73 Å². The van der Waals surface area contributed by atoms with E-state index < -0.39 is 5.54 Å². The van der Waals surface area contributed by atoms with Gasteiger partial charge in [0.1, 0.15) is 0 Å². The summed E-state index contributed by atoms with van der Waals surface area (Å²) < 4.78 is 0. The van der Waals surface area contributed by atoms with Crippen molar-refractivity contribution in [1.82, 2.24) is 4.98 Å². The summed E-state index contributed by atoms with van der Waals surface area (Å²) in [5.74, 6) is -0.0823. The molecule has 1 aliphatic carbocycles. The van der Waals surface area contributed by atoms with Crippen molar-refractivity contribution < 1.29 is 4.79 Å². The van der Waals surface area contributed by atoms with Gasteiger partial charge in [-0.3, -0.25) is 9.78 Å². The third kappa shape index (κ3) is 2.07. The van der Waals surface area contributed by atoms with E-state index >= 15 is 0 Å². The molecule has 1 aromatic rings. The second-order valence-corrected chi connectivity index (χ2v) is 4.45. The molecule has 0 radical (unpaired) electrons.